The largest absolute Gasteiger partial charge is 0.322 e. The van der Waals surface area contributed by atoms with Crippen molar-refractivity contribution < 1.29 is 18.1 Å². The third-order valence-corrected chi connectivity index (χ3v) is 5.80. The molecule has 0 saturated heterocycles. The van der Waals surface area contributed by atoms with E-state index in [-0.39, 0.29) is 21.8 Å². The number of sulfonamides is 1. The molecule has 0 aromatic heterocycles. The molecule has 0 atom stereocenters. The van der Waals surface area contributed by atoms with Gasteiger partial charge in [0.1, 0.15) is 4.90 Å². The Balaban J connectivity index is 1.89. The minimum absolute atomic E-state index is 0.0939. The molecular weight excluding hydrogens is 462 g/mol. The molecule has 0 bridgehead atoms. The van der Waals surface area contributed by atoms with Crippen molar-refractivity contribution in [3.05, 3.63) is 92.9 Å². The number of halogens is 1. The maximum absolute atomic E-state index is 12.8. The van der Waals surface area contributed by atoms with E-state index in [4.69, 9.17) is 0 Å². The Hall–Kier alpha value is -3.24. The van der Waals surface area contributed by atoms with Crippen LogP contribution in [0, 0.1) is 10.1 Å². The Labute approximate surface area is 174 Å². The zero-order chi connectivity index (χ0) is 21.0. The van der Waals surface area contributed by atoms with E-state index in [1.54, 1.807) is 24.3 Å². The van der Waals surface area contributed by atoms with E-state index in [1.807, 2.05) is 0 Å². The molecule has 10 heteroatoms. The summed E-state index contributed by atoms with van der Waals surface area (Å²) in [6.07, 6.45) is 0. The molecule has 0 aliphatic rings. The monoisotopic (exact) mass is 475 g/mol. The van der Waals surface area contributed by atoms with Gasteiger partial charge in [-0.3, -0.25) is 19.6 Å². The summed E-state index contributed by atoms with van der Waals surface area (Å²) in [6, 6.07) is 17.6. The first-order valence-corrected chi connectivity index (χ1v) is 10.5. The van der Waals surface area contributed by atoms with Crippen LogP contribution in [-0.2, 0) is 10.0 Å². The van der Waals surface area contributed by atoms with Gasteiger partial charge in [-0.05, 0) is 42.5 Å². The number of nitro groups is 1. The van der Waals surface area contributed by atoms with Gasteiger partial charge >= 0.3 is 0 Å². The van der Waals surface area contributed by atoms with Crippen LogP contribution >= 0.6 is 15.9 Å². The van der Waals surface area contributed by atoms with Crippen LogP contribution in [0.4, 0.5) is 17.1 Å². The minimum atomic E-state index is -4.05. The van der Waals surface area contributed by atoms with E-state index in [2.05, 4.69) is 26.0 Å². The third-order valence-electron chi connectivity index (χ3n) is 3.83. The Morgan fingerprint density at radius 3 is 2.31 bits per heavy atom. The Kier molecular flexibility index (Phi) is 5.95. The van der Waals surface area contributed by atoms with Gasteiger partial charge in [0.2, 0.25) is 0 Å². The first kappa shape index (κ1) is 20.5. The third kappa shape index (κ3) is 4.98. The summed E-state index contributed by atoms with van der Waals surface area (Å²) in [5, 5.41) is 13.4. The van der Waals surface area contributed by atoms with Crippen LogP contribution in [0.15, 0.2) is 82.2 Å². The van der Waals surface area contributed by atoms with E-state index >= 15 is 0 Å². The topological polar surface area (TPSA) is 118 Å². The number of carbonyl (C=O) groups is 1. The lowest BCUT2D eigenvalue weighted by Crippen LogP contribution is -2.20. The molecule has 3 aromatic rings. The fourth-order valence-electron chi connectivity index (χ4n) is 2.51. The van der Waals surface area contributed by atoms with Gasteiger partial charge < -0.3 is 5.32 Å². The van der Waals surface area contributed by atoms with Gasteiger partial charge in [0.05, 0.1) is 10.5 Å². The van der Waals surface area contributed by atoms with Crippen LogP contribution in [0.25, 0.3) is 0 Å². The standard InChI is InChI=1S/C19H14BrN3O5S/c20-13-8-10-14(11-9-13)22-29(27,28)18-7-2-1-6-17(18)19(24)21-15-4-3-5-16(12-15)23(25)26/h1-12,22H,(H,21,24). The smallest absolute Gasteiger partial charge is 0.271 e. The van der Waals surface area contributed by atoms with Gasteiger partial charge in [0.15, 0.2) is 0 Å². The Bertz CT molecular complexity index is 1180. The molecule has 0 heterocycles. The highest BCUT2D eigenvalue weighted by molar-refractivity contribution is 9.10. The van der Waals surface area contributed by atoms with E-state index in [0.717, 1.165) is 4.47 Å². The second-order valence-corrected chi connectivity index (χ2v) is 8.44. The van der Waals surface area contributed by atoms with E-state index in [0.29, 0.717) is 5.69 Å². The molecule has 148 valence electrons. The normalized spacial score (nSPS) is 10.9. The number of rotatable bonds is 6. The van der Waals surface area contributed by atoms with Crippen molar-refractivity contribution in [2.45, 2.75) is 4.90 Å². The molecule has 1 amide bonds. The maximum atomic E-state index is 12.8. The first-order chi connectivity index (χ1) is 13.8. The molecule has 0 radical (unpaired) electrons. The molecule has 0 aliphatic heterocycles. The average Bonchev–Trinajstić information content (AvgIpc) is 2.70. The summed E-state index contributed by atoms with van der Waals surface area (Å²) in [4.78, 5) is 22.8. The van der Waals surface area contributed by atoms with Gasteiger partial charge in [-0.25, -0.2) is 8.42 Å². The van der Waals surface area contributed by atoms with Crippen molar-refractivity contribution in [2.75, 3.05) is 10.0 Å². The SMILES string of the molecule is O=C(Nc1cccc([N+](=O)[O-])c1)c1ccccc1S(=O)(=O)Nc1ccc(Br)cc1. The molecule has 3 aromatic carbocycles. The van der Waals surface area contributed by atoms with E-state index in [9.17, 15) is 23.3 Å². The van der Waals surface area contributed by atoms with Crippen molar-refractivity contribution >= 4 is 48.9 Å². The highest BCUT2D eigenvalue weighted by Crippen LogP contribution is 2.23. The maximum Gasteiger partial charge on any atom is 0.271 e. The van der Waals surface area contributed by atoms with Gasteiger partial charge in [-0.1, -0.05) is 34.1 Å². The number of nitrogens with one attached hydrogen (secondary N) is 2. The molecule has 2 N–H and O–H groups in total. The second-order valence-electron chi connectivity index (χ2n) is 5.87. The summed E-state index contributed by atoms with van der Waals surface area (Å²) in [5.74, 6) is -0.706. The van der Waals surface area contributed by atoms with Crippen LogP contribution in [0.2, 0.25) is 0 Å². The predicted octanol–water partition coefficient (Wildman–Crippen LogP) is 4.41. The van der Waals surface area contributed by atoms with Gasteiger partial charge in [0, 0.05) is 28.0 Å². The highest BCUT2D eigenvalue weighted by Gasteiger charge is 2.22. The molecule has 0 fully saturated rings. The van der Waals surface area contributed by atoms with Gasteiger partial charge in [0.25, 0.3) is 21.6 Å². The number of anilines is 2. The predicted molar refractivity (Wildman–Crippen MR) is 112 cm³/mol. The van der Waals surface area contributed by atoms with Crippen molar-refractivity contribution in [3.63, 3.8) is 0 Å². The van der Waals surface area contributed by atoms with Crippen LogP contribution in [0.5, 0.6) is 0 Å². The zero-order valence-electron chi connectivity index (χ0n) is 14.7. The number of nitrogens with zero attached hydrogens (tertiary/aromatic N) is 1. The molecule has 3 rings (SSSR count). The fraction of sp³-hybridized carbons (Fsp3) is 0. The van der Waals surface area contributed by atoms with Crippen molar-refractivity contribution in [3.8, 4) is 0 Å². The number of hydrogen-bond acceptors (Lipinski definition) is 5. The molecular formula is C19H14BrN3O5S. The lowest BCUT2D eigenvalue weighted by Gasteiger charge is -2.12. The first-order valence-electron chi connectivity index (χ1n) is 8.19. The molecule has 29 heavy (non-hydrogen) atoms. The number of nitro benzene ring substituents is 1. The average molecular weight is 476 g/mol. The summed E-state index contributed by atoms with van der Waals surface area (Å²) in [5.41, 5.74) is 0.226. The molecule has 0 spiro atoms. The van der Waals surface area contributed by atoms with Crippen molar-refractivity contribution in [1.82, 2.24) is 0 Å². The molecule has 8 nitrogen and oxygen atoms in total. The van der Waals surface area contributed by atoms with Gasteiger partial charge in [-0.2, -0.15) is 0 Å². The van der Waals surface area contributed by atoms with E-state index < -0.39 is 20.9 Å². The number of carbonyl (C=O) groups excluding carboxylic acids is 1. The summed E-state index contributed by atoms with van der Waals surface area (Å²) in [6.45, 7) is 0. The van der Waals surface area contributed by atoms with Crippen LogP contribution in [-0.4, -0.2) is 19.2 Å². The number of amides is 1. The number of benzene rings is 3. The van der Waals surface area contributed by atoms with E-state index in [1.165, 1.54) is 48.5 Å². The molecule has 0 unspecified atom stereocenters. The second kappa shape index (κ2) is 8.41. The molecule has 0 aliphatic carbocycles. The summed E-state index contributed by atoms with van der Waals surface area (Å²) < 4.78 is 28.8. The Morgan fingerprint density at radius 2 is 1.62 bits per heavy atom. The van der Waals surface area contributed by atoms with Crippen LogP contribution < -0.4 is 10.0 Å². The summed E-state index contributed by atoms with van der Waals surface area (Å²) in [7, 11) is -4.05. The zero-order valence-corrected chi connectivity index (χ0v) is 17.1. The minimum Gasteiger partial charge on any atom is -0.322 e. The highest BCUT2D eigenvalue weighted by atomic mass is 79.9. The van der Waals surface area contributed by atoms with Crippen LogP contribution in [0.1, 0.15) is 10.4 Å². The number of non-ortho nitro benzene ring substituents is 1. The quantitative estimate of drug-likeness (QED) is 0.404. The fourth-order valence-corrected chi connectivity index (χ4v) is 4.04. The lowest BCUT2D eigenvalue weighted by atomic mass is 10.2. The summed E-state index contributed by atoms with van der Waals surface area (Å²) >= 11 is 3.27. The Morgan fingerprint density at radius 1 is 0.931 bits per heavy atom. The van der Waals surface area contributed by atoms with Gasteiger partial charge in [-0.15, -0.1) is 0 Å². The van der Waals surface area contributed by atoms with Crippen molar-refractivity contribution in [2.24, 2.45) is 0 Å². The van der Waals surface area contributed by atoms with Crippen molar-refractivity contribution in [1.29, 1.82) is 0 Å². The number of hydrogen-bond donors (Lipinski definition) is 2. The molecule has 0 saturated carbocycles. The lowest BCUT2D eigenvalue weighted by molar-refractivity contribution is -0.384. The van der Waals surface area contributed by atoms with Crippen LogP contribution in [0.3, 0.4) is 0 Å².